The molecule has 0 fully saturated rings. The molecule has 0 aromatic heterocycles. The fourth-order valence-corrected chi connectivity index (χ4v) is 3.99. The van der Waals surface area contributed by atoms with Gasteiger partial charge < -0.3 is 19.7 Å². The van der Waals surface area contributed by atoms with Crippen molar-refractivity contribution in [2.75, 3.05) is 13.2 Å². The first kappa shape index (κ1) is 20.9. The lowest BCUT2D eigenvalue weighted by Gasteiger charge is -2.27. The predicted octanol–water partition coefficient (Wildman–Crippen LogP) is 4.58. The number of fused-ring (bicyclic) bond motifs is 2. The largest absolute Gasteiger partial charge is 0.490 e. The van der Waals surface area contributed by atoms with Crippen LogP contribution in [-0.4, -0.2) is 35.6 Å². The van der Waals surface area contributed by atoms with E-state index in [4.69, 9.17) is 9.47 Å². The molecule has 28 heavy (non-hydrogen) atoms. The molecule has 0 amide bonds. The van der Waals surface area contributed by atoms with Gasteiger partial charge in [-0.25, -0.2) is 0 Å². The molecular weight excluding hydrogens is 352 g/mol. The summed E-state index contributed by atoms with van der Waals surface area (Å²) in [6.45, 7) is 6.70. The lowest BCUT2D eigenvalue weighted by molar-refractivity contribution is 0.102. The molecule has 2 aromatic carbocycles. The summed E-state index contributed by atoms with van der Waals surface area (Å²) in [6.07, 6.45) is 5.54. The highest BCUT2D eigenvalue weighted by Crippen LogP contribution is 2.45. The first-order valence-electron chi connectivity index (χ1n) is 10.8. The van der Waals surface area contributed by atoms with Gasteiger partial charge in [0.05, 0.1) is 12.2 Å². The average molecular weight is 387 g/mol. The van der Waals surface area contributed by atoms with Gasteiger partial charge >= 0.3 is 0 Å². The Morgan fingerprint density at radius 1 is 0.857 bits per heavy atom. The average Bonchev–Trinajstić information content (AvgIpc) is 2.74. The summed E-state index contributed by atoms with van der Waals surface area (Å²) < 4.78 is 12.5. The van der Waals surface area contributed by atoms with Crippen LogP contribution in [0.25, 0.3) is 10.8 Å². The van der Waals surface area contributed by atoms with Crippen molar-refractivity contribution in [1.82, 2.24) is 0 Å². The zero-order chi connectivity index (χ0) is 20.1. The second kappa shape index (κ2) is 9.62. The molecule has 0 saturated heterocycles. The van der Waals surface area contributed by atoms with E-state index in [1.165, 1.54) is 16.7 Å². The van der Waals surface area contributed by atoms with Crippen molar-refractivity contribution in [2.45, 2.75) is 77.9 Å². The molecule has 0 radical (unpaired) electrons. The van der Waals surface area contributed by atoms with Crippen LogP contribution in [0.3, 0.4) is 0 Å². The highest BCUT2D eigenvalue weighted by Gasteiger charge is 2.25. The number of aliphatic hydroxyl groups is 2. The van der Waals surface area contributed by atoms with E-state index in [1.807, 2.05) is 13.8 Å². The van der Waals surface area contributed by atoms with E-state index in [1.54, 1.807) is 0 Å². The van der Waals surface area contributed by atoms with Crippen molar-refractivity contribution in [2.24, 2.45) is 0 Å². The van der Waals surface area contributed by atoms with E-state index < -0.39 is 12.2 Å². The zero-order valence-electron chi connectivity index (χ0n) is 17.5. The third kappa shape index (κ3) is 4.28. The minimum atomic E-state index is -0.460. The maximum absolute atomic E-state index is 10.1. The van der Waals surface area contributed by atoms with Crippen LogP contribution >= 0.6 is 0 Å². The minimum absolute atomic E-state index is 0.309. The molecule has 1 aliphatic carbocycles. The zero-order valence-corrected chi connectivity index (χ0v) is 17.5. The van der Waals surface area contributed by atoms with Crippen LogP contribution in [0.4, 0.5) is 0 Å². The molecule has 0 aliphatic heterocycles. The molecule has 2 aromatic rings. The number of hydrogen-bond donors (Lipinski definition) is 2. The number of hydrogen-bond acceptors (Lipinski definition) is 4. The van der Waals surface area contributed by atoms with Gasteiger partial charge in [0.2, 0.25) is 0 Å². The second-order valence-corrected chi connectivity index (χ2v) is 7.76. The summed E-state index contributed by atoms with van der Waals surface area (Å²) >= 11 is 0. The first-order chi connectivity index (χ1) is 13.6. The molecule has 154 valence electrons. The Balaban J connectivity index is 2.17. The Hall–Kier alpha value is -1.78. The van der Waals surface area contributed by atoms with Gasteiger partial charge in [-0.15, -0.1) is 0 Å². The summed E-state index contributed by atoms with van der Waals surface area (Å²) in [5.41, 5.74) is 3.67. The fraction of sp³-hybridized carbons (Fsp3) is 0.583. The van der Waals surface area contributed by atoms with Gasteiger partial charge in [-0.05, 0) is 50.5 Å². The molecule has 3 rings (SSSR count). The van der Waals surface area contributed by atoms with Gasteiger partial charge in [0.15, 0.2) is 0 Å². The Morgan fingerprint density at radius 3 is 2.00 bits per heavy atom. The third-order valence-corrected chi connectivity index (χ3v) is 5.80. The number of ether oxygens (including phenoxy) is 2. The van der Waals surface area contributed by atoms with Crippen LogP contribution in [-0.2, 0) is 19.3 Å². The monoisotopic (exact) mass is 386 g/mol. The number of benzene rings is 2. The van der Waals surface area contributed by atoms with Crippen molar-refractivity contribution in [3.63, 3.8) is 0 Å². The van der Waals surface area contributed by atoms with Crippen LogP contribution in [0.15, 0.2) is 18.2 Å². The Labute approximate surface area is 168 Å². The van der Waals surface area contributed by atoms with Crippen LogP contribution in [0.5, 0.6) is 11.5 Å². The van der Waals surface area contributed by atoms with E-state index in [9.17, 15) is 10.2 Å². The molecule has 4 nitrogen and oxygen atoms in total. The van der Waals surface area contributed by atoms with Gasteiger partial charge in [0, 0.05) is 21.9 Å². The third-order valence-electron chi connectivity index (χ3n) is 5.80. The topological polar surface area (TPSA) is 58.9 Å². The van der Waals surface area contributed by atoms with E-state index in [0.717, 1.165) is 54.4 Å². The van der Waals surface area contributed by atoms with Crippen LogP contribution in [0.1, 0.15) is 63.1 Å². The smallest absolute Gasteiger partial charge is 0.131 e. The molecule has 4 heteroatoms. The van der Waals surface area contributed by atoms with E-state index in [-0.39, 0.29) is 0 Å². The molecule has 0 heterocycles. The van der Waals surface area contributed by atoms with Gasteiger partial charge in [-0.3, -0.25) is 0 Å². The molecule has 0 saturated carbocycles. The molecule has 2 unspecified atom stereocenters. The maximum Gasteiger partial charge on any atom is 0.131 e. The van der Waals surface area contributed by atoms with Crippen LogP contribution in [0.2, 0.25) is 0 Å². The van der Waals surface area contributed by atoms with Crippen molar-refractivity contribution in [3.05, 3.63) is 34.9 Å². The van der Waals surface area contributed by atoms with Crippen LogP contribution < -0.4 is 9.47 Å². The first-order valence-corrected chi connectivity index (χ1v) is 10.8. The lowest BCUT2D eigenvalue weighted by Crippen LogP contribution is -2.20. The van der Waals surface area contributed by atoms with Crippen LogP contribution in [0, 0.1) is 0 Å². The van der Waals surface area contributed by atoms with E-state index in [2.05, 4.69) is 25.1 Å². The second-order valence-electron chi connectivity index (χ2n) is 7.76. The molecule has 0 bridgehead atoms. The number of aliphatic hydroxyl groups excluding tert-OH is 2. The van der Waals surface area contributed by atoms with Crippen molar-refractivity contribution in [1.29, 1.82) is 0 Å². The van der Waals surface area contributed by atoms with Crippen molar-refractivity contribution >= 4 is 10.8 Å². The van der Waals surface area contributed by atoms with Crippen molar-refractivity contribution < 1.29 is 19.7 Å². The van der Waals surface area contributed by atoms with E-state index >= 15 is 0 Å². The summed E-state index contributed by atoms with van der Waals surface area (Å²) in [5, 5.41) is 22.3. The van der Waals surface area contributed by atoms with Gasteiger partial charge in [-0.2, -0.15) is 0 Å². The summed E-state index contributed by atoms with van der Waals surface area (Å²) in [4.78, 5) is 0. The molecule has 2 atom stereocenters. The lowest BCUT2D eigenvalue weighted by atomic mass is 9.85. The highest BCUT2D eigenvalue weighted by atomic mass is 16.5. The predicted molar refractivity (Wildman–Crippen MR) is 114 cm³/mol. The van der Waals surface area contributed by atoms with Gasteiger partial charge in [0.25, 0.3) is 0 Å². The quantitative estimate of drug-likeness (QED) is 0.662. The summed E-state index contributed by atoms with van der Waals surface area (Å²) in [7, 11) is 0. The van der Waals surface area contributed by atoms with Gasteiger partial charge in [-0.1, -0.05) is 39.0 Å². The normalized spacial score (nSPS) is 15.9. The Morgan fingerprint density at radius 2 is 1.43 bits per heavy atom. The molecular formula is C24H34O4. The number of rotatable bonds is 9. The fourth-order valence-electron chi connectivity index (χ4n) is 3.99. The minimum Gasteiger partial charge on any atom is -0.490 e. The Kier molecular flexibility index (Phi) is 7.19. The Bertz CT molecular complexity index is 799. The summed E-state index contributed by atoms with van der Waals surface area (Å²) in [5.74, 6) is 1.84. The van der Waals surface area contributed by atoms with E-state index in [0.29, 0.717) is 26.1 Å². The van der Waals surface area contributed by atoms with Gasteiger partial charge in [0.1, 0.15) is 24.7 Å². The SMILES string of the molecule is CCc1cccc2c(OCC(O)CC)c3c(c(OCC(O)CC)c12)CCCC3. The summed E-state index contributed by atoms with van der Waals surface area (Å²) in [6, 6.07) is 6.32. The molecule has 0 spiro atoms. The standard InChI is InChI=1S/C24H34O4/c1-4-16-10-9-13-21-22(16)24(28-15-18(26)6-3)20-12-8-7-11-19(20)23(21)27-14-17(25)5-2/h9-10,13,17-18,25-26H,4-8,11-12,14-15H2,1-3H3. The molecule has 1 aliphatic rings. The molecule has 2 N–H and O–H groups in total. The maximum atomic E-state index is 10.1. The van der Waals surface area contributed by atoms with Crippen molar-refractivity contribution in [3.8, 4) is 11.5 Å². The highest BCUT2D eigenvalue weighted by molar-refractivity contribution is 5.98. The number of aryl methyl sites for hydroxylation is 1.